The summed E-state index contributed by atoms with van der Waals surface area (Å²) in [6.07, 6.45) is 2.71. The minimum Gasteiger partial charge on any atom is -0.158 e. The first-order valence-corrected chi connectivity index (χ1v) is 7.74. The summed E-state index contributed by atoms with van der Waals surface area (Å²) in [5.41, 5.74) is 4.67. The minimum absolute atomic E-state index is 0. The summed E-state index contributed by atoms with van der Waals surface area (Å²) in [4.78, 5) is 0. The molecule has 0 fully saturated rings. The van der Waals surface area contributed by atoms with Crippen LogP contribution in [0.25, 0.3) is 22.0 Å². The Kier molecular flexibility index (Phi) is 4.88. The number of fused-ring (bicyclic) bond motifs is 1. The molecule has 24 heavy (non-hydrogen) atoms. The molecule has 0 spiro atoms. The highest BCUT2D eigenvalue weighted by Gasteiger charge is 2.10. The van der Waals surface area contributed by atoms with Crippen molar-refractivity contribution in [3.8, 4) is 11.3 Å². The number of nitrogens with zero attached hydrogens (tertiary/aromatic N) is 2. The normalized spacial score (nSPS) is 10.3. The fourth-order valence-electron chi connectivity index (χ4n) is 2.95. The highest BCUT2D eigenvalue weighted by molar-refractivity contribution is 5.94. The molecule has 0 radical (unpaired) electrons. The third-order valence-electron chi connectivity index (χ3n) is 4.08. The van der Waals surface area contributed by atoms with Crippen molar-refractivity contribution in [2.75, 3.05) is 0 Å². The highest BCUT2D eigenvalue weighted by Crippen LogP contribution is 2.29. The van der Waals surface area contributed by atoms with Crippen molar-refractivity contribution in [1.29, 1.82) is 0 Å². The van der Waals surface area contributed by atoms with E-state index in [-0.39, 0.29) is 12.4 Å². The van der Waals surface area contributed by atoms with Crippen LogP contribution in [0.5, 0.6) is 0 Å². The molecule has 0 saturated heterocycles. The standard InChI is InChI=1S/C21H16N2.ClH/c1-2-8-16(9-3-1)14-17-10-4-6-12-19(17)21-20-13-7-5-11-18(20)15-22-23-21;/h1-13,15H,14H2;1H. The van der Waals surface area contributed by atoms with Crippen LogP contribution in [0.3, 0.4) is 0 Å². The van der Waals surface area contributed by atoms with Crippen LogP contribution >= 0.6 is 12.4 Å². The Bertz CT molecular complexity index is 946. The van der Waals surface area contributed by atoms with E-state index in [4.69, 9.17) is 0 Å². The zero-order valence-electron chi connectivity index (χ0n) is 13.1. The average molecular weight is 333 g/mol. The Morgan fingerprint density at radius 3 is 2.29 bits per heavy atom. The lowest BCUT2D eigenvalue weighted by molar-refractivity contribution is 1.05. The van der Waals surface area contributed by atoms with Gasteiger partial charge in [-0.15, -0.1) is 17.5 Å². The van der Waals surface area contributed by atoms with Crippen molar-refractivity contribution in [3.05, 3.63) is 96.2 Å². The first kappa shape index (κ1) is 16.2. The Morgan fingerprint density at radius 1 is 0.708 bits per heavy atom. The summed E-state index contributed by atoms with van der Waals surface area (Å²) >= 11 is 0. The number of rotatable bonds is 3. The second-order valence-electron chi connectivity index (χ2n) is 5.60. The molecule has 1 heterocycles. The van der Waals surface area contributed by atoms with Crippen LogP contribution in [0.4, 0.5) is 0 Å². The monoisotopic (exact) mass is 332 g/mol. The molecule has 3 aromatic carbocycles. The van der Waals surface area contributed by atoms with Gasteiger partial charge in [-0.25, -0.2) is 0 Å². The summed E-state index contributed by atoms with van der Waals surface area (Å²) < 4.78 is 0. The zero-order valence-corrected chi connectivity index (χ0v) is 13.9. The van der Waals surface area contributed by atoms with E-state index in [0.29, 0.717) is 0 Å². The quantitative estimate of drug-likeness (QED) is 0.508. The van der Waals surface area contributed by atoms with Crippen LogP contribution in [-0.4, -0.2) is 10.2 Å². The summed E-state index contributed by atoms with van der Waals surface area (Å²) in [5.74, 6) is 0. The highest BCUT2D eigenvalue weighted by atomic mass is 35.5. The lowest BCUT2D eigenvalue weighted by Gasteiger charge is -2.11. The molecule has 2 nitrogen and oxygen atoms in total. The van der Waals surface area contributed by atoms with Gasteiger partial charge >= 0.3 is 0 Å². The third kappa shape index (κ3) is 3.15. The summed E-state index contributed by atoms with van der Waals surface area (Å²) in [7, 11) is 0. The van der Waals surface area contributed by atoms with E-state index in [1.54, 1.807) is 0 Å². The maximum absolute atomic E-state index is 4.43. The summed E-state index contributed by atoms with van der Waals surface area (Å²) in [6.45, 7) is 0. The molecule has 3 heteroatoms. The molecule has 0 bridgehead atoms. The molecule has 4 aromatic rings. The predicted octanol–water partition coefficient (Wildman–Crippen LogP) is 5.31. The van der Waals surface area contributed by atoms with E-state index in [1.807, 2.05) is 24.4 Å². The van der Waals surface area contributed by atoms with Crippen molar-refractivity contribution in [3.63, 3.8) is 0 Å². The molecule has 0 aliphatic carbocycles. The lowest BCUT2D eigenvalue weighted by Crippen LogP contribution is -1.96. The van der Waals surface area contributed by atoms with Crippen LogP contribution in [0.15, 0.2) is 85.1 Å². The fourth-order valence-corrected chi connectivity index (χ4v) is 2.95. The van der Waals surface area contributed by atoms with Gasteiger partial charge < -0.3 is 0 Å². The smallest absolute Gasteiger partial charge is 0.101 e. The first-order valence-electron chi connectivity index (χ1n) is 7.74. The Labute approximate surface area is 147 Å². The van der Waals surface area contributed by atoms with Gasteiger partial charge in [0.25, 0.3) is 0 Å². The number of hydrogen-bond acceptors (Lipinski definition) is 2. The largest absolute Gasteiger partial charge is 0.158 e. The van der Waals surface area contributed by atoms with Gasteiger partial charge in [-0.2, -0.15) is 5.10 Å². The number of hydrogen-bond donors (Lipinski definition) is 0. The van der Waals surface area contributed by atoms with Crippen molar-refractivity contribution < 1.29 is 0 Å². The second kappa shape index (κ2) is 7.24. The van der Waals surface area contributed by atoms with Gasteiger partial charge in [0.05, 0.1) is 6.20 Å². The third-order valence-corrected chi connectivity index (χ3v) is 4.08. The topological polar surface area (TPSA) is 25.8 Å². The molecular weight excluding hydrogens is 316 g/mol. The second-order valence-corrected chi connectivity index (χ2v) is 5.60. The molecule has 0 atom stereocenters. The van der Waals surface area contributed by atoms with Crippen molar-refractivity contribution >= 4 is 23.2 Å². The van der Waals surface area contributed by atoms with Crippen LogP contribution in [0.1, 0.15) is 11.1 Å². The van der Waals surface area contributed by atoms with Crippen LogP contribution < -0.4 is 0 Å². The first-order chi connectivity index (χ1) is 11.4. The molecule has 0 aliphatic rings. The zero-order chi connectivity index (χ0) is 15.5. The van der Waals surface area contributed by atoms with Crippen molar-refractivity contribution in [1.82, 2.24) is 10.2 Å². The molecular formula is C21H17ClN2. The number of benzene rings is 3. The van der Waals surface area contributed by atoms with Gasteiger partial charge in [0.2, 0.25) is 0 Å². The maximum Gasteiger partial charge on any atom is 0.101 e. The van der Waals surface area contributed by atoms with E-state index in [1.165, 1.54) is 11.1 Å². The van der Waals surface area contributed by atoms with Gasteiger partial charge in [0.15, 0.2) is 0 Å². The molecule has 0 amide bonds. The Morgan fingerprint density at radius 2 is 1.42 bits per heavy atom. The molecule has 4 rings (SSSR count). The molecule has 1 aromatic heterocycles. The van der Waals surface area contributed by atoms with Gasteiger partial charge in [-0.05, 0) is 17.5 Å². The molecule has 0 N–H and O–H groups in total. The number of halogens is 1. The van der Waals surface area contributed by atoms with Crippen molar-refractivity contribution in [2.45, 2.75) is 6.42 Å². The van der Waals surface area contributed by atoms with Crippen LogP contribution in [0.2, 0.25) is 0 Å². The SMILES string of the molecule is Cl.c1ccc(Cc2ccccc2-c2nncc3ccccc23)cc1. The van der Waals surface area contributed by atoms with Gasteiger partial charge in [0.1, 0.15) is 5.69 Å². The summed E-state index contributed by atoms with van der Waals surface area (Å²) in [5, 5.41) is 10.9. The van der Waals surface area contributed by atoms with Gasteiger partial charge in [-0.3, -0.25) is 0 Å². The van der Waals surface area contributed by atoms with E-state index < -0.39 is 0 Å². The molecule has 0 aliphatic heterocycles. The molecule has 0 unspecified atom stereocenters. The Balaban J connectivity index is 0.00000169. The Hall–Kier alpha value is -2.71. The van der Waals surface area contributed by atoms with Gasteiger partial charge in [-0.1, -0.05) is 78.9 Å². The minimum atomic E-state index is 0. The molecule has 118 valence electrons. The van der Waals surface area contributed by atoms with Crippen molar-refractivity contribution in [2.24, 2.45) is 0 Å². The van der Waals surface area contributed by atoms with E-state index >= 15 is 0 Å². The van der Waals surface area contributed by atoms with Gasteiger partial charge in [0, 0.05) is 16.3 Å². The maximum atomic E-state index is 4.43. The lowest BCUT2D eigenvalue weighted by atomic mass is 9.96. The van der Waals surface area contributed by atoms with Crippen LogP contribution in [0, 0.1) is 0 Å². The fraction of sp³-hybridized carbons (Fsp3) is 0.0476. The average Bonchev–Trinajstić information content (AvgIpc) is 2.63. The van der Waals surface area contributed by atoms with E-state index in [2.05, 4.69) is 70.9 Å². The number of aromatic nitrogens is 2. The van der Waals surface area contributed by atoms with E-state index in [9.17, 15) is 0 Å². The van der Waals surface area contributed by atoms with Crippen LogP contribution in [-0.2, 0) is 6.42 Å². The predicted molar refractivity (Wildman–Crippen MR) is 101 cm³/mol. The van der Waals surface area contributed by atoms with E-state index in [0.717, 1.165) is 28.5 Å². The molecule has 0 saturated carbocycles. The summed E-state index contributed by atoms with van der Waals surface area (Å²) in [6, 6.07) is 27.2.